The Morgan fingerprint density at radius 1 is 1.33 bits per heavy atom. The van der Waals surface area contributed by atoms with E-state index in [0.29, 0.717) is 5.56 Å². The molecule has 0 spiro atoms. The van der Waals surface area contributed by atoms with Crippen molar-refractivity contribution >= 4 is 6.29 Å². The Labute approximate surface area is 71.8 Å². The second-order valence-electron chi connectivity index (χ2n) is 2.94. The van der Waals surface area contributed by atoms with Crippen molar-refractivity contribution < 1.29 is 9.90 Å². The van der Waals surface area contributed by atoms with Crippen LogP contribution in [0.3, 0.4) is 0 Å². The lowest BCUT2D eigenvalue weighted by Gasteiger charge is -2.05. The Balaban J connectivity index is 3.13. The van der Waals surface area contributed by atoms with Crippen LogP contribution in [0.5, 0.6) is 5.75 Å². The molecule has 0 atom stereocenters. The summed E-state index contributed by atoms with van der Waals surface area (Å²) in [6.07, 6.45) is 1.08. The van der Waals surface area contributed by atoms with Gasteiger partial charge in [-0.1, -0.05) is 6.07 Å². The standard InChI is InChI=1S/C10H12O2/c1-7-5-9(3-4-11)10(12)6-8(7)2/h4-6,12H,3H2,1-2H3. The largest absolute Gasteiger partial charge is 0.508 e. The molecule has 1 aromatic carbocycles. The molecule has 0 aromatic heterocycles. The van der Waals surface area contributed by atoms with Crippen LogP contribution < -0.4 is 0 Å². The van der Waals surface area contributed by atoms with Gasteiger partial charge in [0.2, 0.25) is 0 Å². The molecule has 0 aliphatic heterocycles. The first-order valence-electron chi connectivity index (χ1n) is 3.88. The van der Waals surface area contributed by atoms with E-state index in [1.807, 2.05) is 19.9 Å². The zero-order chi connectivity index (χ0) is 9.14. The molecule has 0 bridgehead atoms. The van der Waals surface area contributed by atoms with Gasteiger partial charge in [-0.3, -0.25) is 0 Å². The molecule has 1 aromatic rings. The first-order valence-corrected chi connectivity index (χ1v) is 3.88. The van der Waals surface area contributed by atoms with Gasteiger partial charge in [0.1, 0.15) is 12.0 Å². The number of aldehydes is 1. The third-order valence-electron chi connectivity index (χ3n) is 2.00. The van der Waals surface area contributed by atoms with Crippen molar-refractivity contribution in [3.05, 3.63) is 28.8 Å². The van der Waals surface area contributed by atoms with Gasteiger partial charge < -0.3 is 9.90 Å². The summed E-state index contributed by atoms with van der Waals surface area (Å²) in [6.45, 7) is 3.89. The van der Waals surface area contributed by atoms with Crippen molar-refractivity contribution in [2.75, 3.05) is 0 Å². The Bertz CT molecular complexity index is 303. The summed E-state index contributed by atoms with van der Waals surface area (Å²) in [7, 11) is 0. The monoisotopic (exact) mass is 164 g/mol. The number of carbonyl (C=O) groups excluding carboxylic acids is 1. The average molecular weight is 164 g/mol. The first kappa shape index (κ1) is 8.78. The fraction of sp³-hybridized carbons (Fsp3) is 0.300. The van der Waals surface area contributed by atoms with E-state index < -0.39 is 0 Å². The molecule has 0 unspecified atom stereocenters. The second-order valence-corrected chi connectivity index (χ2v) is 2.94. The van der Waals surface area contributed by atoms with E-state index in [-0.39, 0.29) is 12.2 Å². The van der Waals surface area contributed by atoms with E-state index in [2.05, 4.69) is 0 Å². The van der Waals surface area contributed by atoms with E-state index >= 15 is 0 Å². The third-order valence-corrected chi connectivity index (χ3v) is 2.00. The number of hydrogen-bond acceptors (Lipinski definition) is 2. The van der Waals surface area contributed by atoms with Crippen LogP contribution in [0.2, 0.25) is 0 Å². The Morgan fingerprint density at radius 3 is 2.50 bits per heavy atom. The Kier molecular flexibility index (Phi) is 2.48. The smallest absolute Gasteiger partial charge is 0.124 e. The number of phenolic OH excluding ortho intramolecular Hbond substituents is 1. The van der Waals surface area contributed by atoms with E-state index in [0.717, 1.165) is 17.4 Å². The number of benzene rings is 1. The average Bonchev–Trinajstić information content (AvgIpc) is 2.01. The topological polar surface area (TPSA) is 37.3 Å². The first-order chi connectivity index (χ1) is 5.65. The van der Waals surface area contributed by atoms with Gasteiger partial charge in [-0.05, 0) is 31.0 Å². The summed E-state index contributed by atoms with van der Waals surface area (Å²) < 4.78 is 0. The molecule has 0 heterocycles. The summed E-state index contributed by atoms with van der Waals surface area (Å²) in [6, 6.07) is 3.53. The van der Waals surface area contributed by atoms with Crippen LogP contribution in [-0.2, 0) is 11.2 Å². The maximum Gasteiger partial charge on any atom is 0.124 e. The van der Waals surface area contributed by atoms with Gasteiger partial charge in [0.15, 0.2) is 0 Å². The number of aryl methyl sites for hydroxylation is 2. The minimum absolute atomic E-state index is 0.213. The third kappa shape index (κ3) is 1.64. The normalized spacial score (nSPS) is 9.83. The lowest BCUT2D eigenvalue weighted by molar-refractivity contribution is -0.107. The molecule has 0 saturated carbocycles. The maximum absolute atomic E-state index is 10.2. The highest BCUT2D eigenvalue weighted by atomic mass is 16.3. The molecule has 0 fully saturated rings. The lowest BCUT2D eigenvalue weighted by atomic mass is 10.0. The molecular formula is C10H12O2. The van der Waals surface area contributed by atoms with Crippen molar-refractivity contribution in [3.63, 3.8) is 0 Å². The van der Waals surface area contributed by atoms with Crippen LogP contribution in [0.4, 0.5) is 0 Å². The molecule has 0 aliphatic rings. The summed E-state index contributed by atoms with van der Waals surface area (Å²) in [5, 5.41) is 9.39. The second kappa shape index (κ2) is 3.39. The zero-order valence-electron chi connectivity index (χ0n) is 7.29. The summed E-state index contributed by atoms with van der Waals surface area (Å²) in [5.74, 6) is 0.213. The maximum atomic E-state index is 10.2. The van der Waals surface area contributed by atoms with Crippen molar-refractivity contribution in [3.8, 4) is 5.75 Å². The molecule has 2 nitrogen and oxygen atoms in total. The fourth-order valence-corrected chi connectivity index (χ4v) is 1.11. The van der Waals surface area contributed by atoms with Gasteiger partial charge in [-0.25, -0.2) is 0 Å². The Morgan fingerprint density at radius 2 is 1.92 bits per heavy atom. The van der Waals surface area contributed by atoms with Gasteiger partial charge in [0, 0.05) is 12.0 Å². The summed E-state index contributed by atoms with van der Waals surface area (Å²) in [4.78, 5) is 10.2. The number of carbonyl (C=O) groups is 1. The number of hydrogen-bond donors (Lipinski definition) is 1. The predicted molar refractivity (Wildman–Crippen MR) is 47.3 cm³/mol. The minimum Gasteiger partial charge on any atom is -0.508 e. The molecule has 12 heavy (non-hydrogen) atoms. The molecular weight excluding hydrogens is 152 g/mol. The van der Waals surface area contributed by atoms with Crippen LogP contribution in [0.15, 0.2) is 12.1 Å². The quantitative estimate of drug-likeness (QED) is 0.676. The van der Waals surface area contributed by atoms with Crippen molar-refractivity contribution in [2.45, 2.75) is 20.3 Å². The van der Waals surface area contributed by atoms with Crippen LogP contribution in [0, 0.1) is 13.8 Å². The van der Waals surface area contributed by atoms with Crippen LogP contribution in [0.25, 0.3) is 0 Å². The molecule has 2 heteroatoms. The fourth-order valence-electron chi connectivity index (χ4n) is 1.11. The number of rotatable bonds is 2. The SMILES string of the molecule is Cc1cc(O)c(CC=O)cc1C. The predicted octanol–water partition coefficient (Wildman–Crippen LogP) is 1.75. The lowest BCUT2D eigenvalue weighted by Crippen LogP contribution is -1.90. The Hall–Kier alpha value is -1.31. The molecule has 0 amide bonds. The van der Waals surface area contributed by atoms with Gasteiger partial charge in [-0.2, -0.15) is 0 Å². The highest BCUT2D eigenvalue weighted by molar-refractivity contribution is 5.58. The number of aromatic hydroxyl groups is 1. The molecule has 1 N–H and O–H groups in total. The number of phenols is 1. The van der Waals surface area contributed by atoms with E-state index in [4.69, 9.17) is 0 Å². The molecule has 1 rings (SSSR count). The molecule has 0 aliphatic carbocycles. The van der Waals surface area contributed by atoms with Crippen LogP contribution in [-0.4, -0.2) is 11.4 Å². The van der Waals surface area contributed by atoms with Crippen molar-refractivity contribution in [1.82, 2.24) is 0 Å². The summed E-state index contributed by atoms with van der Waals surface area (Å²) >= 11 is 0. The van der Waals surface area contributed by atoms with Gasteiger partial charge in [0.05, 0.1) is 0 Å². The van der Waals surface area contributed by atoms with Gasteiger partial charge in [0.25, 0.3) is 0 Å². The summed E-state index contributed by atoms with van der Waals surface area (Å²) in [5.41, 5.74) is 2.85. The van der Waals surface area contributed by atoms with Crippen molar-refractivity contribution in [2.24, 2.45) is 0 Å². The molecule has 0 saturated heterocycles. The van der Waals surface area contributed by atoms with Gasteiger partial charge >= 0.3 is 0 Å². The van der Waals surface area contributed by atoms with Crippen LogP contribution >= 0.6 is 0 Å². The minimum atomic E-state index is 0.213. The highest BCUT2D eigenvalue weighted by Crippen LogP contribution is 2.21. The zero-order valence-corrected chi connectivity index (χ0v) is 7.29. The van der Waals surface area contributed by atoms with Gasteiger partial charge in [-0.15, -0.1) is 0 Å². The van der Waals surface area contributed by atoms with Crippen molar-refractivity contribution in [1.29, 1.82) is 0 Å². The van der Waals surface area contributed by atoms with E-state index in [1.54, 1.807) is 6.07 Å². The highest BCUT2D eigenvalue weighted by Gasteiger charge is 2.02. The molecule has 64 valence electrons. The van der Waals surface area contributed by atoms with Crippen LogP contribution in [0.1, 0.15) is 16.7 Å². The van der Waals surface area contributed by atoms with E-state index in [9.17, 15) is 9.90 Å². The molecule has 0 radical (unpaired) electrons. The van der Waals surface area contributed by atoms with E-state index in [1.165, 1.54) is 0 Å².